The van der Waals surface area contributed by atoms with Crippen LogP contribution in [-0.2, 0) is 10.3 Å². The summed E-state index contributed by atoms with van der Waals surface area (Å²) in [6, 6.07) is 0. The fourth-order valence-corrected chi connectivity index (χ4v) is 2.32. The Labute approximate surface area is 97.2 Å². The van der Waals surface area contributed by atoms with Gasteiger partial charge in [-0.15, -0.1) is 0 Å². The second-order valence-corrected chi connectivity index (χ2v) is 4.30. The molecule has 0 radical (unpaired) electrons. The monoisotopic (exact) mass is 239 g/mol. The zero-order chi connectivity index (χ0) is 12.5. The minimum atomic E-state index is -1.10. The lowest BCUT2D eigenvalue weighted by molar-refractivity contribution is -0.385. The summed E-state index contributed by atoms with van der Waals surface area (Å²) in [4.78, 5) is 21.4. The van der Waals surface area contributed by atoms with Crippen LogP contribution in [0.5, 0.6) is 0 Å². The first kappa shape index (κ1) is 11.6. The summed E-state index contributed by atoms with van der Waals surface area (Å²) in [6.45, 7) is 0. The zero-order valence-corrected chi connectivity index (χ0v) is 9.20. The van der Waals surface area contributed by atoms with Crippen molar-refractivity contribution in [3.63, 3.8) is 0 Å². The molecular formula is C10H13N3O4. The van der Waals surface area contributed by atoms with Gasteiger partial charge in [-0.1, -0.05) is 19.3 Å². The van der Waals surface area contributed by atoms with Gasteiger partial charge in [0.15, 0.2) is 5.54 Å². The molecule has 1 saturated carbocycles. The molecule has 1 N–H and O–H groups in total. The van der Waals surface area contributed by atoms with Crippen LogP contribution >= 0.6 is 0 Å². The van der Waals surface area contributed by atoms with Crippen molar-refractivity contribution in [1.29, 1.82) is 0 Å². The molecule has 0 saturated heterocycles. The third-order valence-corrected chi connectivity index (χ3v) is 3.30. The molecule has 0 aliphatic heterocycles. The Morgan fingerprint density at radius 3 is 2.59 bits per heavy atom. The van der Waals surface area contributed by atoms with Gasteiger partial charge in [0.25, 0.3) is 0 Å². The fraction of sp³-hybridized carbons (Fsp3) is 0.600. The van der Waals surface area contributed by atoms with Crippen LogP contribution in [0.1, 0.15) is 32.1 Å². The van der Waals surface area contributed by atoms with Crippen LogP contribution in [0.2, 0.25) is 0 Å². The van der Waals surface area contributed by atoms with Gasteiger partial charge in [-0.05, 0) is 12.8 Å². The highest BCUT2D eigenvalue weighted by molar-refractivity contribution is 5.76. The van der Waals surface area contributed by atoms with Gasteiger partial charge < -0.3 is 5.11 Å². The number of nitrogens with zero attached hydrogens (tertiary/aromatic N) is 3. The minimum Gasteiger partial charge on any atom is -0.479 e. The predicted octanol–water partition coefficient (Wildman–Crippen LogP) is 1.54. The van der Waals surface area contributed by atoms with E-state index in [2.05, 4.69) is 5.10 Å². The van der Waals surface area contributed by atoms with Crippen molar-refractivity contribution in [3.05, 3.63) is 22.5 Å². The van der Waals surface area contributed by atoms with Gasteiger partial charge in [-0.25, -0.2) is 9.48 Å². The van der Waals surface area contributed by atoms with Crippen LogP contribution in [0.15, 0.2) is 12.4 Å². The average Bonchev–Trinajstić information content (AvgIpc) is 2.79. The number of hydrogen-bond donors (Lipinski definition) is 1. The lowest BCUT2D eigenvalue weighted by atomic mass is 9.82. The van der Waals surface area contributed by atoms with Gasteiger partial charge in [0.1, 0.15) is 12.4 Å². The fourth-order valence-electron chi connectivity index (χ4n) is 2.32. The molecule has 1 fully saturated rings. The van der Waals surface area contributed by atoms with Crippen molar-refractivity contribution in [2.24, 2.45) is 0 Å². The van der Waals surface area contributed by atoms with Crippen LogP contribution < -0.4 is 0 Å². The Kier molecular flexibility index (Phi) is 2.83. The van der Waals surface area contributed by atoms with Gasteiger partial charge in [0.05, 0.1) is 4.92 Å². The van der Waals surface area contributed by atoms with E-state index in [1.54, 1.807) is 0 Å². The molecule has 1 aliphatic carbocycles. The second-order valence-electron chi connectivity index (χ2n) is 4.30. The zero-order valence-electron chi connectivity index (χ0n) is 9.20. The molecule has 0 aromatic carbocycles. The largest absolute Gasteiger partial charge is 0.479 e. The number of carboxylic acids is 1. The Balaban J connectivity index is 2.38. The third-order valence-electron chi connectivity index (χ3n) is 3.30. The number of aliphatic carboxylic acids is 1. The van der Waals surface area contributed by atoms with Crippen molar-refractivity contribution >= 4 is 11.7 Å². The first-order chi connectivity index (χ1) is 8.06. The molecule has 0 spiro atoms. The highest BCUT2D eigenvalue weighted by Crippen LogP contribution is 2.35. The van der Waals surface area contributed by atoms with E-state index in [0.717, 1.165) is 25.5 Å². The van der Waals surface area contributed by atoms with E-state index in [0.29, 0.717) is 12.8 Å². The van der Waals surface area contributed by atoms with E-state index in [1.165, 1.54) is 10.9 Å². The number of nitro groups is 1. The lowest BCUT2D eigenvalue weighted by Crippen LogP contribution is -2.43. The number of carbonyl (C=O) groups is 1. The van der Waals surface area contributed by atoms with Crippen molar-refractivity contribution in [2.45, 2.75) is 37.6 Å². The molecular weight excluding hydrogens is 226 g/mol. The first-order valence-electron chi connectivity index (χ1n) is 5.49. The van der Waals surface area contributed by atoms with Gasteiger partial charge in [-0.2, -0.15) is 5.10 Å². The number of aromatic nitrogens is 2. The molecule has 7 heteroatoms. The van der Waals surface area contributed by atoms with Crippen LogP contribution in [0.4, 0.5) is 5.69 Å². The SMILES string of the molecule is O=C(O)C1(n2cc([N+](=O)[O-])cn2)CCCCC1. The molecule has 1 heterocycles. The predicted molar refractivity (Wildman–Crippen MR) is 57.6 cm³/mol. The van der Waals surface area contributed by atoms with Gasteiger partial charge >= 0.3 is 11.7 Å². The van der Waals surface area contributed by atoms with Gasteiger partial charge in [0, 0.05) is 0 Å². The van der Waals surface area contributed by atoms with E-state index >= 15 is 0 Å². The van der Waals surface area contributed by atoms with Crippen LogP contribution in [0.3, 0.4) is 0 Å². The summed E-state index contributed by atoms with van der Waals surface area (Å²) in [5.74, 6) is -0.963. The van der Waals surface area contributed by atoms with Crippen molar-refractivity contribution in [2.75, 3.05) is 0 Å². The molecule has 1 aliphatic rings. The first-order valence-corrected chi connectivity index (χ1v) is 5.49. The number of hydrogen-bond acceptors (Lipinski definition) is 4. The Hall–Kier alpha value is -1.92. The van der Waals surface area contributed by atoms with E-state index in [-0.39, 0.29) is 5.69 Å². The molecule has 0 bridgehead atoms. The highest BCUT2D eigenvalue weighted by atomic mass is 16.6. The Morgan fingerprint density at radius 2 is 2.12 bits per heavy atom. The summed E-state index contributed by atoms with van der Waals surface area (Å²) in [7, 11) is 0. The quantitative estimate of drug-likeness (QED) is 0.637. The van der Waals surface area contributed by atoms with Gasteiger partial charge in [-0.3, -0.25) is 10.1 Å². The maximum atomic E-state index is 11.4. The summed E-state index contributed by atoms with van der Waals surface area (Å²) in [5, 5.41) is 23.8. The van der Waals surface area contributed by atoms with Crippen LogP contribution in [-0.4, -0.2) is 25.8 Å². The summed E-state index contributed by atoms with van der Waals surface area (Å²) in [6.07, 6.45) is 5.86. The normalized spacial score (nSPS) is 18.8. The van der Waals surface area contributed by atoms with Crippen molar-refractivity contribution in [1.82, 2.24) is 9.78 Å². The Bertz CT molecular complexity index is 448. The molecule has 1 aromatic rings. The summed E-state index contributed by atoms with van der Waals surface area (Å²) in [5.41, 5.74) is -1.27. The molecule has 17 heavy (non-hydrogen) atoms. The van der Waals surface area contributed by atoms with E-state index in [9.17, 15) is 20.0 Å². The topological polar surface area (TPSA) is 98.3 Å². The second kappa shape index (κ2) is 4.15. The molecule has 92 valence electrons. The maximum Gasteiger partial charge on any atom is 0.331 e. The number of carboxylic acid groups (broad SMARTS) is 1. The van der Waals surface area contributed by atoms with Crippen molar-refractivity contribution < 1.29 is 14.8 Å². The molecule has 0 amide bonds. The molecule has 0 atom stereocenters. The Morgan fingerprint density at radius 1 is 1.47 bits per heavy atom. The highest BCUT2D eigenvalue weighted by Gasteiger charge is 2.42. The molecule has 1 aromatic heterocycles. The summed E-state index contributed by atoms with van der Waals surface area (Å²) >= 11 is 0. The van der Waals surface area contributed by atoms with E-state index in [4.69, 9.17) is 0 Å². The van der Waals surface area contributed by atoms with E-state index < -0.39 is 16.4 Å². The smallest absolute Gasteiger partial charge is 0.331 e. The average molecular weight is 239 g/mol. The third kappa shape index (κ3) is 1.88. The maximum absolute atomic E-state index is 11.4. The van der Waals surface area contributed by atoms with Crippen molar-refractivity contribution in [3.8, 4) is 0 Å². The number of rotatable bonds is 3. The van der Waals surface area contributed by atoms with E-state index in [1.807, 2.05) is 0 Å². The standard InChI is InChI=1S/C10H13N3O4/c14-9(15)10(4-2-1-3-5-10)12-7-8(6-11-12)13(16)17/h6-7H,1-5H2,(H,14,15). The minimum absolute atomic E-state index is 0.170. The molecule has 0 unspecified atom stereocenters. The van der Waals surface area contributed by atoms with Crippen LogP contribution in [0.25, 0.3) is 0 Å². The summed E-state index contributed by atoms with van der Waals surface area (Å²) < 4.78 is 1.24. The molecule has 2 rings (SSSR count). The lowest BCUT2D eigenvalue weighted by Gasteiger charge is -2.33. The molecule has 7 nitrogen and oxygen atoms in total. The van der Waals surface area contributed by atoms with Gasteiger partial charge in [0.2, 0.25) is 0 Å². The van der Waals surface area contributed by atoms with Crippen LogP contribution in [0, 0.1) is 10.1 Å².